The van der Waals surface area contributed by atoms with Crippen LogP contribution in [0.4, 0.5) is 4.79 Å². The summed E-state index contributed by atoms with van der Waals surface area (Å²) >= 11 is 0. The molecule has 1 amide bonds. The molecular weight excluding hydrogens is 318 g/mol. The number of carbonyl (C=O) groups excluding carboxylic acids is 2. The number of likely N-dealkylation sites (tertiary alicyclic amines) is 1. The van der Waals surface area contributed by atoms with Crippen molar-refractivity contribution in [3.63, 3.8) is 0 Å². The first kappa shape index (κ1) is 15.7. The summed E-state index contributed by atoms with van der Waals surface area (Å²) in [6.07, 6.45) is 0.0111. The zero-order valence-electron chi connectivity index (χ0n) is 13.7. The number of aliphatic carboxylic acids is 1. The highest BCUT2D eigenvalue weighted by molar-refractivity contribution is 5.80. The normalized spacial score (nSPS) is 17.0. The van der Waals surface area contributed by atoms with E-state index in [9.17, 15) is 14.7 Å². The summed E-state index contributed by atoms with van der Waals surface area (Å²) < 4.78 is 5.82. The molecule has 0 atom stereocenters. The second kappa shape index (κ2) is 6.24. The van der Waals surface area contributed by atoms with E-state index >= 15 is 0 Å². The van der Waals surface area contributed by atoms with Crippen LogP contribution in [0.2, 0.25) is 0 Å². The molecule has 2 aromatic rings. The van der Waals surface area contributed by atoms with Gasteiger partial charge in [0.2, 0.25) is 0 Å². The topological polar surface area (TPSA) is 69.7 Å². The molecule has 0 radical (unpaired) electrons. The van der Waals surface area contributed by atoms with Crippen LogP contribution in [0.15, 0.2) is 48.5 Å². The van der Waals surface area contributed by atoms with E-state index in [0.717, 1.165) is 22.3 Å². The Morgan fingerprint density at radius 2 is 1.44 bits per heavy atom. The zero-order valence-corrected chi connectivity index (χ0v) is 13.7. The fourth-order valence-corrected chi connectivity index (χ4v) is 3.71. The highest BCUT2D eigenvalue weighted by Crippen LogP contribution is 2.45. The Morgan fingerprint density at radius 1 is 0.920 bits per heavy atom. The molecule has 2 aliphatic rings. The number of amides is 1. The standard InChI is InChI=1S/C20H19NO4/c22-19(23)13-9-11-21(12-10-13)20(24)25-18-16-7-3-1-5-14(16)15-6-2-4-8-17(15)18/h1-8,13,18H,9-12H2,(H,22,23)/p-1. The van der Waals surface area contributed by atoms with Gasteiger partial charge in [0.25, 0.3) is 0 Å². The zero-order chi connectivity index (χ0) is 17.4. The minimum Gasteiger partial charge on any atom is -0.550 e. The van der Waals surface area contributed by atoms with E-state index in [-0.39, 0.29) is 0 Å². The first-order chi connectivity index (χ1) is 12.1. The molecule has 1 heterocycles. The average Bonchev–Trinajstić information content (AvgIpc) is 2.96. The number of carboxylic acids is 1. The lowest BCUT2D eigenvalue weighted by Gasteiger charge is -2.32. The number of piperidine rings is 1. The maximum atomic E-state index is 12.6. The van der Waals surface area contributed by atoms with E-state index in [1.807, 2.05) is 48.5 Å². The van der Waals surface area contributed by atoms with Crippen molar-refractivity contribution in [2.24, 2.45) is 5.92 Å². The minimum atomic E-state index is -1.04. The van der Waals surface area contributed by atoms with Crippen LogP contribution in [0.25, 0.3) is 11.1 Å². The molecule has 0 unspecified atom stereocenters. The van der Waals surface area contributed by atoms with Crippen molar-refractivity contribution in [3.05, 3.63) is 59.7 Å². The van der Waals surface area contributed by atoms with Gasteiger partial charge in [0.1, 0.15) is 0 Å². The lowest BCUT2D eigenvalue weighted by atomic mass is 9.97. The van der Waals surface area contributed by atoms with Crippen LogP contribution in [0, 0.1) is 5.92 Å². The fraction of sp³-hybridized carbons (Fsp3) is 0.300. The van der Waals surface area contributed by atoms with Gasteiger partial charge in [-0.2, -0.15) is 0 Å². The Kier molecular flexibility index (Phi) is 3.92. The summed E-state index contributed by atoms with van der Waals surface area (Å²) in [5, 5.41) is 10.9. The van der Waals surface area contributed by atoms with E-state index in [0.29, 0.717) is 25.9 Å². The third-order valence-electron chi connectivity index (χ3n) is 5.08. The quantitative estimate of drug-likeness (QED) is 0.844. The highest BCUT2D eigenvalue weighted by atomic mass is 16.6. The van der Waals surface area contributed by atoms with Crippen LogP contribution in [0.1, 0.15) is 30.1 Å². The molecule has 1 aliphatic carbocycles. The molecule has 5 heteroatoms. The Bertz CT molecular complexity index is 778. The largest absolute Gasteiger partial charge is 0.550 e. The lowest BCUT2D eigenvalue weighted by molar-refractivity contribution is -0.312. The second-order valence-electron chi connectivity index (χ2n) is 6.52. The third-order valence-corrected chi connectivity index (χ3v) is 5.08. The van der Waals surface area contributed by atoms with Gasteiger partial charge in [0, 0.05) is 36.1 Å². The van der Waals surface area contributed by atoms with E-state index in [1.54, 1.807) is 4.90 Å². The Morgan fingerprint density at radius 3 is 1.96 bits per heavy atom. The van der Waals surface area contributed by atoms with Crippen molar-refractivity contribution in [2.45, 2.75) is 18.9 Å². The van der Waals surface area contributed by atoms with Gasteiger partial charge in [-0.05, 0) is 24.0 Å². The molecule has 0 aromatic heterocycles. The minimum absolute atomic E-state index is 0.382. The van der Waals surface area contributed by atoms with Crippen LogP contribution in [-0.2, 0) is 9.53 Å². The predicted molar refractivity (Wildman–Crippen MR) is 89.5 cm³/mol. The summed E-state index contributed by atoms with van der Waals surface area (Å²) in [4.78, 5) is 25.1. The Balaban J connectivity index is 1.53. The van der Waals surface area contributed by atoms with Crippen molar-refractivity contribution in [2.75, 3.05) is 13.1 Å². The first-order valence-electron chi connectivity index (χ1n) is 8.50. The molecule has 0 N–H and O–H groups in total. The van der Waals surface area contributed by atoms with Gasteiger partial charge < -0.3 is 19.5 Å². The van der Waals surface area contributed by atoms with Crippen molar-refractivity contribution in [1.82, 2.24) is 4.90 Å². The first-order valence-corrected chi connectivity index (χ1v) is 8.50. The number of rotatable bonds is 2. The number of carboxylic acid groups (broad SMARTS) is 1. The lowest BCUT2D eigenvalue weighted by Crippen LogP contribution is -2.44. The fourth-order valence-electron chi connectivity index (χ4n) is 3.71. The van der Waals surface area contributed by atoms with Gasteiger partial charge in [0.05, 0.1) is 0 Å². The molecule has 25 heavy (non-hydrogen) atoms. The molecule has 2 aromatic carbocycles. The predicted octanol–water partition coefficient (Wildman–Crippen LogP) is 2.35. The Labute approximate surface area is 145 Å². The van der Waals surface area contributed by atoms with Gasteiger partial charge in [-0.25, -0.2) is 4.79 Å². The van der Waals surface area contributed by atoms with Crippen LogP contribution in [0.3, 0.4) is 0 Å². The molecule has 0 bridgehead atoms. The smallest absolute Gasteiger partial charge is 0.410 e. The van der Waals surface area contributed by atoms with E-state index in [1.165, 1.54) is 0 Å². The van der Waals surface area contributed by atoms with Crippen molar-refractivity contribution < 1.29 is 19.4 Å². The monoisotopic (exact) mass is 336 g/mol. The van der Waals surface area contributed by atoms with Gasteiger partial charge >= 0.3 is 6.09 Å². The van der Waals surface area contributed by atoms with Gasteiger partial charge in [-0.1, -0.05) is 48.5 Å². The van der Waals surface area contributed by atoms with Crippen molar-refractivity contribution in [1.29, 1.82) is 0 Å². The summed E-state index contributed by atoms with van der Waals surface area (Å²) in [6, 6.07) is 15.9. The molecule has 1 fully saturated rings. The third kappa shape index (κ3) is 2.76. The summed E-state index contributed by atoms with van der Waals surface area (Å²) in [5.74, 6) is -1.51. The van der Waals surface area contributed by atoms with E-state index < -0.39 is 24.1 Å². The summed E-state index contributed by atoms with van der Waals surface area (Å²) in [7, 11) is 0. The van der Waals surface area contributed by atoms with Gasteiger partial charge in [0.15, 0.2) is 6.10 Å². The molecule has 5 nitrogen and oxygen atoms in total. The van der Waals surface area contributed by atoms with Gasteiger partial charge in [-0.15, -0.1) is 0 Å². The number of nitrogens with zero attached hydrogens (tertiary/aromatic N) is 1. The molecule has 128 valence electrons. The summed E-state index contributed by atoms with van der Waals surface area (Å²) in [6.45, 7) is 0.765. The van der Waals surface area contributed by atoms with Crippen molar-refractivity contribution in [3.8, 4) is 11.1 Å². The summed E-state index contributed by atoms with van der Waals surface area (Å²) in [5.41, 5.74) is 4.15. The molecule has 1 aliphatic heterocycles. The maximum absolute atomic E-state index is 12.6. The Hall–Kier alpha value is -2.82. The van der Waals surface area contributed by atoms with Crippen LogP contribution >= 0.6 is 0 Å². The number of fused-ring (bicyclic) bond motifs is 3. The SMILES string of the molecule is O=C([O-])C1CCN(C(=O)OC2c3ccccc3-c3ccccc32)CC1. The van der Waals surface area contributed by atoms with Crippen LogP contribution < -0.4 is 5.11 Å². The number of hydrogen-bond donors (Lipinski definition) is 0. The number of hydrogen-bond acceptors (Lipinski definition) is 4. The van der Waals surface area contributed by atoms with Gasteiger partial charge in [-0.3, -0.25) is 0 Å². The molecule has 4 rings (SSSR count). The number of carbonyl (C=O) groups is 2. The maximum Gasteiger partial charge on any atom is 0.410 e. The van der Waals surface area contributed by atoms with Crippen molar-refractivity contribution >= 4 is 12.1 Å². The molecule has 0 spiro atoms. The highest BCUT2D eigenvalue weighted by Gasteiger charge is 2.33. The molecule has 0 saturated carbocycles. The average molecular weight is 336 g/mol. The second-order valence-corrected chi connectivity index (χ2v) is 6.52. The molecular formula is C20H18NO4-. The van der Waals surface area contributed by atoms with E-state index in [2.05, 4.69) is 0 Å². The van der Waals surface area contributed by atoms with Crippen LogP contribution in [0.5, 0.6) is 0 Å². The van der Waals surface area contributed by atoms with Crippen LogP contribution in [-0.4, -0.2) is 30.1 Å². The number of ether oxygens (including phenoxy) is 1. The van der Waals surface area contributed by atoms with E-state index in [4.69, 9.17) is 4.74 Å². The molecule has 1 saturated heterocycles. The number of benzene rings is 2.